The van der Waals surface area contributed by atoms with E-state index in [1.807, 2.05) is 41.1 Å². The molecular weight excluding hydrogens is 369 g/mol. The van der Waals surface area contributed by atoms with Gasteiger partial charge in [-0.15, -0.1) is 0 Å². The molecule has 0 unspecified atom stereocenters. The molecule has 4 aromatic rings. The second-order valence-electron chi connectivity index (χ2n) is 6.61. The fraction of sp³-hybridized carbons (Fsp3) is 0.0435. The van der Waals surface area contributed by atoms with E-state index in [1.54, 1.807) is 24.4 Å². The smallest absolute Gasteiger partial charge is 0.275 e. The molecule has 0 atom stereocenters. The number of carbonyl (C=O) groups is 1. The molecule has 0 radical (unpaired) electrons. The molecule has 4 rings (SSSR count). The Labute approximate surface area is 166 Å². The number of aromatic nitrogens is 1. The van der Waals surface area contributed by atoms with E-state index in [0.29, 0.717) is 6.54 Å². The zero-order valence-corrected chi connectivity index (χ0v) is 15.4. The molecule has 3 aromatic carbocycles. The third-order valence-corrected chi connectivity index (χ3v) is 4.57. The molecule has 0 aliphatic carbocycles. The first kappa shape index (κ1) is 18.4. The van der Waals surface area contributed by atoms with Crippen molar-refractivity contribution in [3.63, 3.8) is 0 Å². The van der Waals surface area contributed by atoms with Gasteiger partial charge in [-0.1, -0.05) is 30.3 Å². The van der Waals surface area contributed by atoms with Gasteiger partial charge in [0.2, 0.25) is 0 Å². The van der Waals surface area contributed by atoms with Gasteiger partial charge in [-0.25, -0.2) is 9.82 Å². The largest absolute Gasteiger partial charge is 0.507 e. The van der Waals surface area contributed by atoms with Crippen LogP contribution in [0.15, 0.2) is 84.1 Å². The second-order valence-corrected chi connectivity index (χ2v) is 6.61. The molecule has 0 spiro atoms. The maximum Gasteiger partial charge on any atom is 0.275 e. The van der Waals surface area contributed by atoms with Crippen LogP contribution in [-0.4, -0.2) is 21.8 Å². The number of hydrazone groups is 1. The molecule has 0 saturated heterocycles. The summed E-state index contributed by atoms with van der Waals surface area (Å²) in [6.07, 6.45) is 3.50. The first-order valence-electron chi connectivity index (χ1n) is 9.05. The number of amides is 1. The fourth-order valence-electron chi connectivity index (χ4n) is 3.16. The molecule has 1 amide bonds. The van der Waals surface area contributed by atoms with E-state index in [9.17, 15) is 14.3 Å². The summed E-state index contributed by atoms with van der Waals surface area (Å²) >= 11 is 0. The SMILES string of the molecule is O=C(NN=Cc1ccc2c(ccn2Cc2cccc(F)c2)c1)c1ccccc1O. The molecule has 5 nitrogen and oxygen atoms in total. The average Bonchev–Trinajstić information content (AvgIpc) is 3.10. The summed E-state index contributed by atoms with van der Waals surface area (Å²) < 4.78 is 15.4. The number of para-hydroxylation sites is 1. The quantitative estimate of drug-likeness (QED) is 0.396. The van der Waals surface area contributed by atoms with Crippen LogP contribution >= 0.6 is 0 Å². The summed E-state index contributed by atoms with van der Waals surface area (Å²) in [5.41, 5.74) is 5.30. The lowest BCUT2D eigenvalue weighted by Gasteiger charge is -2.06. The summed E-state index contributed by atoms with van der Waals surface area (Å²) in [5.74, 6) is -0.828. The number of benzene rings is 3. The molecule has 0 aliphatic rings. The number of nitrogens with zero attached hydrogens (tertiary/aromatic N) is 2. The van der Waals surface area contributed by atoms with Gasteiger partial charge in [-0.3, -0.25) is 4.79 Å². The first-order valence-corrected chi connectivity index (χ1v) is 9.05. The number of hydrogen-bond donors (Lipinski definition) is 2. The van der Waals surface area contributed by atoms with Crippen molar-refractivity contribution in [1.82, 2.24) is 9.99 Å². The number of fused-ring (bicyclic) bond motifs is 1. The van der Waals surface area contributed by atoms with E-state index in [4.69, 9.17) is 0 Å². The molecule has 0 fully saturated rings. The number of hydrogen-bond acceptors (Lipinski definition) is 3. The van der Waals surface area contributed by atoms with E-state index in [-0.39, 0.29) is 17.1 Å². The van der Waals surface area contributed by atoms with Gasteiger partial charge in [0.15, 0.2) is 0 Å². The van der Waals surface area contributed by atoms with Crippen molar-refractivity contribution in [2.75, 3.05) is 0 Å². The van der Waals surface area contributed by atoms with Crippen LogP contribution < -0.4 is 5.43 Å². The lowest BCUT2D eigenvalue weighted by Crippen LogP contribution is -2.17. The molecule has 0 saturated carbocycles. The number of rotatable bonds is 5. The van der Waals surface area contributed by atoms with Gasteiger partial charge in [-0.05, 0) is 53.6 Å². The summed E-state index contributed by atoms with van der Waals surface area (Å²) in [5, 5.41) is 14.7. The third-order valence-electron chi connectivity index (χ3n) is 4.57. The number of phenols is 1. The second kappa shape index (κ2) is 7.98. The van der Waals surface area contributed by atoms with E-state index >= 15 is 0 Å². The molecule has 29 heavy (non-hydrogen) atoms. The molecule has 2 N–H and O–H groups in total. The van der Waals surface area contributed by atoms with Crippen LogP contribution in [0, 0.1) is 5.82 Å². The maximum atomic E-state index is 13.4. The lowest BCUT2D eigenvalue weighted by atomic mass is 10.1. The highest BCUT2D eigenvalue weighted by molar-refractivity contribution is 5.97. The van der Waals surface area contributed by atoms with Crippen molar-refractivity contribution in [2.24, 2.45) is 5.10 Å². The first-order chi connectivity index (χ1) is 14.1. The third kappa shape index (κ3) is 4.16. The highest BCUT2D eigenvalue weighted by atomic mass is 19.1. The van der Waals surface area contributed by atoms with Gasteiger partial charge in [0.25, 0.3) is 5.91 Å². The van der Waals surface area contributed by atoms with Crippen LogP contribution in [-0.2, 0) is 6.54 Å². The number of nitrogens with one attached hydrogen (secondary N) is 1. The van der Waals surface area contributed by atoms with Crippen molar-refractivity contribution in [1.29, 1.82) is 0 Å². The van der Waals surface area contributed by atoms with Crippen molar-refractivity contribution in [3.05, 3.63) is 102 Å². The topological polar surface area (TPSA) is 66.6 Å². The van der Waals surface area contributed by atoms with Crippen LogP contribution in [0.4, 0.5) is 4.39 Å². The predicted molar refractivity (Wildman–Crippen MR) is 111 cm³/mol. The van der Waals surface area contributed by atoms with Gasteiger partial charge in [0, 0.05) is 23.6 Å². The van der Waals surface area contributed by atoms with E-state index in [1.165, 1.54) is 24.3 Å². The Balaban J connectivity index is 1.47. The van der Waals surface area contributed by atoms with Gasteiger partial charge in [0.05, 0.1) is 11.8 Å². The van der Waals surface area contributed by atoms with E-state index < -0.39 is 5.91 Å². The van der Waals surface area contributed by atoms with Gasteiger partial charge in [0.1, 0.15) is 11.6 Å². The summed E-state index contributed by atoms with van der Waals surface area (Å²) in [4.78, 5) is 12.1. The minimum Gasteiger partial charge on any atom is -0.507 e. The fourth-order valence-corrected chi connectivity index (χ4v) is 3.16. The van der Waals surface area contributed by atoms with E-state index in [2.05, 4.69) is 10.5 Å². The van der Waals surface area contributed by atoms with Crippen LogP contribution in [0.2, 0.25) is 0 Å². The predicted octanol–water partition coefficient (Wildman–Crippen LogP) is 4.30. The van der Waals surface area contributed by atoms with Crippen LogP contribution in [0.25, 0.3) is 10.9 Å². The summed E-state index contributed by atoms with van der Waals surface area (Å²) in [7, 11) is 0. The standard InChI is InChI=1S/C23H18FN3O2/c24-19-5-3-4-17(13-19)15-27-11-10-18-12-16(8-9-21(18)27)14-25-26-23(29)20-6-1-2-7-22(20)28/h1-14,28H,15H2,(H,26,29). The zero-order chi connectivity index (χ0) is 20.2. The van der Waals surface area contributed by atoms with Gasteiger partial charge >= 0.3 is 0 Å². The normalized spacial score (nSPS) is 11.2. The molecule has 1 aromatic heterocycles. The average molecular weight is 387 g/mol. The Morgan fingerprint density at radius 1 is 1.07 bits per heavy atom. The molecule has 0 bridgehead atoms. The Hall–Kier alpha value is -3.93. The number of halogens is 1. The monoisotopic (exact) mass is 387 g/mol. The lowest BCUT2D eigenvalue weighted by molar-refractivity contribution is 0.0952. The minimum absolute atomic E-state index is 0.0961. The Morgan fingerprint density at radius 3 is 2.76 bits per heavy atom. The van der Waals surface area contributed by atoms with Crippen LogP contribution in [0.1, 0.15) is 21.5 Å². The van der Waals surface area contributed by atoms with Crippen molar-refractivity contribution < 1.29 is 14.3 Å². The highest BCUT2D eigenvalue weighted by Gasteiger charge is 2.08. The zero-order valence-electron chi connectivity index (χ0n) is 15.4. The maximum absolute atomic E-state index is 13.4. The minimum atomic E-state index is -0.485. The number of aromatic hydroxyl groups is 1. The molecule has 144 valence electrons. The molecule has 1 heterocycles. The van der Waals surface area contributed by atoms with Gasteiger partial charge in [-0.2, -0.15) is 5.10 Å². The van der Waals surface area contributed by atoms with Crippen molar-refractivity contribution in [2.45, 2.75) is 6.54 Å². The summed E-state index contributed by atoms with van der Waals surface area (Å²) in [6.45, 7) is 0.575. The highest BCUT2D eigenvalue weighted by Crippen LogP contribution is 2.19. The molecule has 0 aliphatic heterocycles. The van der Waals surface area contributed by atoms with E-state index in [0.717, 1.165) is 22.0 Å². The van der Waals surface area contributed by atoms with Crippen molar-refractivity contribution >= 4 is 23.0 Å². The summed E-state index contributed by atoms with van der Waals surface area (Å²) in [6, 6.07) is 20.6. The van der Waals surface area contributed by atoms with Crippen molar-refractivity contribution in [3.8, 4) is 5.75 Å². The Morgan fingerprint density at radius 2 is 1.93 bits per heavy atom. The Bertz CT molecular complexity index is 1210. The van der Waals surface area contributed by atoms with Crippen LogP contribution in [0.3, 0.4) is 0 Å². The van der Waals surface area contributed by atoms with Crippen LogP contribution in [0.5, 0.6) is 5.75 Å². The molecule has 6 heteroatoms. The Kier molecular flexibility index (Phi) is 5.07. The number of carbonyl (C=O) groups excluding carboxylic acids is 1. The number of phenolic OH excluding ortho intramolecular Hbond substituents is 1. The molecular formula is C23H18FN3O2. The van der Waals surface area contributed by atoms with Gasteiger partial charge < -0.3 is 9.67 Å².